The van der Waals surface area contributed by atoms with Crippen LogP contribution in [0.3, 0.4) is 0 Å². The highest BCUT2D eigenvalue weighted by atomic mass is 32.2. The van der Waals surface area contributed by atoms with E-state index in [0.717, 1.165) is 18.4 Å². The number of aliphatic imine (C=N–C) groups is 1. The fourth-order valence-corrected chi connectivity index (χ4v) is 4.00. The lowest BCUT2D eigenvalue weighted by atomic mass is 9.98. The van der Waals surface area contributed by atoms with Crippen molar-refractivity contribution in [3.8, 4) is 0 Å². The van der Waals surface area contributed by atoms with Gasteiger partial charge in [-0.1, -0.05) is 0 Å². The summed E-state index contributed by atoms with van der Waals surface area (Å²) in [6, 6.07) is 0.596. The molecule has 0 saturated carbocycles. The predicted molar refractivity (Wildman–Crippen MR) is 85.1 cm³/mol. The van der Waals surface area contributed by atoms with Gasteiger partial charge in [-0.25, -0.2) is 0 Å². The number of likely N-dealkylation sites (tertiary alicyclic amines) is 1. The van der Waals surface area contributed by atoms with Gasteiger partial charge in [0.25, 0.3) is 0 Å². The molecule has 2 fully saturated rings. The third-order valence-corrected chi connectivity index (χ3v) is 5.22. The Morgan fingerprint density at radius 1 is 1.37 bits per heavy atom. The Labute approximate surface area is 121 Å². The van der Waals surface area contributed by atoms with Crippen molar-refractivity contribution in [1.82, 2.24) is 15.5 Å². The van der Waals surface area contributed by atoms with Crippen molar-refractivity contribution in [2.45, 2.75) is 31.7 Å². The number of hydrogen-bond acceptors (Lipinski definition) is 3. The smallest absolute Gasteiger partial charge is 0.191 e. The molecular weight excluding hydrogens is 256 g/mol. The van der Waals surface area contributed by atoms with E-state index in [4.69, 9.17) is 0 Å². The van der Waals surface area contributed by atoms with Gasteiger partial charge in [-0.3, -0.25) is 4.99 Å². The van der Waals surface area contributed by atoms with Gasteiger partial charge in [0.2, 0.25) is 0 Å². The molecule has 0 aromatic heterocycles. The zero-order valence-electron chi connectivity index (χ0n) is 12.3. The summed E-state index contributed by atoms with van der Waals surface area (Å²) in [4.78, 5) is 6.79. The lowest BCUT2D eigenvalue weighted by molar-refractivity contribution is 0.210. The van der Waals surface area contributed by atoms with Crippen LogP contribution >= 0.6 is 11.8 Å². The normalized spacial score (nSPS) is 30.1. The first-order valence-corrected chi connectivity index (χ1v) is 8.67. The summed E-state index contributed by atoms with van der Waals surface area (Å²) < 4.78 is 0. The van der Waals surface area contributed by atoms with E-state index in [-0.39, 0.29) is 0 Å². The average Bonchev–Trinajstić information content (AvgIpc) is 2.44. The first-order chi connectivity index (χ1) is 9.28. The van der Waals surface area contributed by atoms with Gasteiger partial charge < -0.3 is 15.5 Å². The number of thioether (sulfide) groups is 1. The standard InChI is InChI=1S/C14H28N4S/c1-15-14(17-13-6-4-8-19-11-13)16-9-12-5-3-7-18(2)10-12/h12-13H,3-11H2,1-2H3,(H2,15,16,17). The minimum atomic E-state index is 0.596. The minimum Gasteiger partial charge on any atom is -0.356 e. The van der Waals surface area contributed by atoms with Crippen LogP contribution < -0.4 is 10.6 Å². The molecule has 0 amide bonds. The molecule has 2 atom stereocenters. The van der Waals surface area contributed by atoms with Gasteiger partial charge >= 0.3 is 0 Å². The van der Waals surface area contributed by atoms with Crippen LogP contribution in [-0.4, -0.2) is 62.1 Å². The van der Waals surface area contributed by atoms with Crippen LogP contribution in [0.4, 0.5) is 0 Å². The molecule has 2 unspecified atom stereocenters. The van der Waals surface area contributed by atoms with Crippen LogP contribution in [0.5, 0.6) is 0 Å². The molecule has 0 radical (unpaired) electrons. The van der Waals surface area contributed by atoms with Crippen LogP contribution in [0.1, 0.15) is 25.7 Å². The second kappa shape index (κ2) is 8.00. The van der Waals surface area contributed by atoms with Crippen LogP contribution in [0.2, 0.25) is 0 Å². The van der Waals surface area contributed by atoms with Gasteiger partial charge in [0.15, 0.2) is 5.96 Å². The monoisotopic (exact) mass is 284 g/mol. The van der Waals surface area contributed by atoms with Crippen LogP contribution in [-0.2, 0) is 0 Å². The highest BCUT2D eigenvalue weighted by Crippen LogP contribution is 2.17. The number of hydrogen-bond donors (Lipinski definition) is 2. The van der Waals surface area contributed by atoms with Gasteiger partial charge in [-0.15, -0.1) is 0 Å². The molecule has 5 heteroatoms. The number of rotatable bonds is 3. The quantitative estimate of drug-likeness (QED) is 0.607. The number of nitrogens with one attached hydrogen (secondary N) is 2. The number of guanidine groups is 1. The summed E-state index contributed by atoms with van der Waals surface area (Å²) in [6.07, 6.45) is 5.27. The van der Waals surface area contributed by atoms with Crippen molar-refractivity contribution in [1.29, 1.82) is 0 Å². The first-order valence-electron chi connectivity index (χ1n) is 7.51. The number of piperidine rings is 1. The molecular formula is C14H28N4S. The Balaban J connectivity index is 1.70. The average molecular weight is 284 g/mol. The molecule has 2 aliphatic heterocycles. The van der Waals surface area contributed by atoms with E-state index in [2.05, 4.69) is 27.6 Å². The SMILES string of the molecule is CN=C(NCC1CCCN(C)C1)NC1CCCSC1. The molecule has 2 N–H and O–H groups in total. The third-order valence-electron chi connectivity index (χ3n) is 4.01. The topological polar surface area (TPSA) is 39.7 Å². The molecule has 0 aliphatic carbocycles. The summed E-state index contributed by atoms with van der Waals surface area (Å²) in [7, 11) is 4.09. The Bertz CT molecular complexity index is 289. The summed E-state index contributed by atoms with van der Waals surface area (Å²) in [5.74, 6) is 4.28. The Kier molecular flexibility index (Phi) is 6.31. The summed E-state index contributed by atoms with van der Waals surface area (Å²) >= 11 is 2.05. The maximum Gasteiger partial charge on any atom is 0.191 e. The third kappa shape index (κ3) is 5.22. The Morgan fingerprint density at radius 3 is 2.95 bits per heavy atom. The van der Waals surface area contributed by atoms with Gasteiger partial charge in [0.05, 0.1) is 0 Å². The van der Waals surface area contributed by atoms with Crippen molar-refractivity contribution in [2.75, 3.05) is 45.2 Å². The second-order valence-corrected chi connectivity index (χ2v) is 6.93. The molecule has 2 heterocycles. The van der Waals surface area contributed by atoms with Crippen molar-refractivity contribution >= 4 is 17.7 Å². The second-order valence-electron chi connectivity index (χ2n) is 5.78. The fraction of sp³-hybridized carbons (Fsp3) is 0.929. The van der Waals surface area contributed by atoms with E-state index in [9.17, 15) is 0 Å². The van der Waals surface area contributed by atoms with Crippen LogP contribution in [0.15, 0.2) is 4.99 Å². The van der Waals surface area contributed by atoms with E-state index in [1.165, 1.54) is 50.3 Å². The highest BCUT2D eigenvalue weighted by molar-refractivity contribution is 7.99. The molecule has 0 aromatic carbocycles. The zero-order valence-corrected chi connectivity index (χ0v) is 13.1. The van der Waals surface area contributed by atoms with Gasteiger partial charge in [0, 0.05) is 31.9 Å². The summed E-state index contributed by atoms with van der Waals surface area (Å²) in [6.45, 7) is 3.51. The van der Waals surface area contributed by atoms with E-state index in [1.807, 2.05) is 18.8 Å². The zero-order chi connectivity index (χ0) is 13.5. The van der Waals surface area contributed by atoms with Crippen LogP contribution in [0.25, 0.3) is 0 Å². The Morgan fingerprint density at radius 2 is 2.26 bits per heavy atom. The van der Waals surface area contributed by atoms with Gasteiger partial charge in [-0.2, -0.15) is 11.8 Å². The molecule has 110 valence electrons. The predicted octanol–water partition coefficient (Wildman–Crippen LogP) is 1.39. The van der Waals surface area contributed by atoms with Crippen molar-refractivity contribution in [3.05, 3.63) is 0 Å². The maximum absolute atomic E-state index is 4.36. The molecule has 19 heavy (non-hydrogen) atoms. The van der Waals surface area contributed by atoms with Crippen molar-refractivity contribution in [3.63, 3.8) is 0 Å². The van der Waals surface area contributed by atoms with E-state index in [1.54, 1.807) is 0 Å². The molecule has 2 rings (SSSR count). The van der Waals surface area contributed by atoms with E-state index in [0.29, 0.717) is 6.04 Å². The lowest BCUT2D eigenvalue weighted by Gasteiger charge is -2.31. The maximum atomic E-state index is 4.36. The summed E-state index contributed by atoms with van der Waals surface area (Å²) in [5, 5.41) is 7.07. The molecule has 0 spiro atoms. The largest absolute Gasteiger partial charge is 0.356 e. The van der Waals surface area contributed by atoms with Crippen LogP contribution in [0, 0.1) is 5.92 Å². The van der Waals surface area contributed by atoms with E-state index < -0.39 is 0 Å². The minimum absolute atomic E-state index is 0.596. The first kappa shape index (κ1) is 15.0. The summed E-state index contributed by atoms with van der Waals surface area (Å²) in [5.41, 5.74) is 0. The van der Waals surface area contributed by atoms with Crippen molar-refractivity contribution < 1.29 is 0 Å². The fourth-order valence-electron chi connectivity index (χ4n) is 2.92. The van der Waals surface area contributed by atoms with Gasteiger partial charge in [-0.05, 0) is 50.9 Å². The molecule has 2 saturated heterocycles. The van der Waals surface area contributed by atoms with Crippen molar-refractivity contribution in [2.24, 2.45) is 10.9 Å². The molecule has 4 nitrogen and oxygen atoms in total. The lowest BCUT2D eigenvalue weighted by Crippen LogP contribution is -2.48. The Hall–Kier alpha value is -0.420. The molecule has 0 bridgehead atoms. The van der Waals surface area contributed by atoms with Gasteiger partial charge in [0.1, 0.15) is 0 Å². The molecule has 0 aromatic rings. The number of nitrogens with zero attached hydrogens (tertiary/aromatic N) is 2. The van der Waals surface area contributed by atoms with E-state index >= 15 is 0 Å². The highest BCUT2D eigenvalue weighted by Gasteiger charge is 2.18. The molecule has 2 aliphatic rings.